The Morgan fingerprint density at radius 2 is 1.80 bits per heavy atom. The highest BCUT2D eigenvalue weighted by molar-refractivity contribution is 7.11. The molecule has 0 saturated carbocycles. The lowest BCUT2D eigenvalue weighted by Crippen LogP contribution is -2.30. The van der Waals surface area contributed by atoms with Gasteiger partial charge in [0.2, 0.25) is 0 Å². The average Bonchev–Trinajstić information content (AvgIpc) is 2.84. The highest BCUT2D eigenvalue weighted by Crippen LogP contribution is 2.20. The van der Waals surface area contributed by atoms with Gasteiger partial charge in [0, 0.05) is 21.8 Å². The van der Waals surface area contributed by atoms with Crippen molar-refractivity contribution in [2.24, 2.45) is 0 Å². The van der Waals surface area contributed by atoms with Crippen LogP contribution in [-0.4, -0.2) is 13.2 Å². The van der Waals surface area contributed by atoms with E-state index in [1.165, 1.54) is 15.3 Å². The molecule has 0 aliphatic rings. The highest BCUT2D eigenvalue weighted by atomic mass is 32.1. The Morgan fingerprint density at radius 1 is 1.10 bits per heavy atom. The van der Waals surface area contributed by atoms with Crippen LogP contribution >= 0.6 is 11.3 Å². The molecule has 2 nitrogen and oxygen atoms in total. The molecule has 0 aliphatic carbocycles. The summed E-state index contributed by atoms with van der Waals surface area (Å²) in [5.41, 5.74) is 1.29. The van der Waals surface area contributed by atoms with Crippen LogP contribution in [0.2, 0.25) is 0 Å². The molecule has 2 atom stereocenters. The Morgan fingerprint density at radius 3 is 2.35 bits per heavy atom. The first-order valence-electron chi connectivity index (χ1n) is 7.04. The van der Waals surface area contributed by atoms with E-state index in [9.17, 15) is 0 Å². The monoisotopic (exact) mass is 289 g/mol. The molecule has 1 heterocycles. The first-order valence-corrected chi connectivity index (χ1v) is 7.85. The van der Waals surface area contributed by atoms with E-state index in [0.29, 0.717) is 12.1 Å². The SMILES string of the molecule is COc1ccc(C(C)NC(C)Cc2ccc(C)s2)cc1. The summed E-state index contributed by atoms with van der Waals surface area (Å²) in [7, 11) is 1.70. The molecule has 3 heteroatoms. The summed E-state index contributed by atoms with van der Waals surface area (Å²) in [5.74, 6) is 0.906. The molecule has 0 saturated heterocycles. The summed E-state index contributed by atoms with van der Waals surface area (Å²) in [4.78, 5) is 2.83. The molecular formula is C17H23NOS. The van der Waals surface area contributed by atoms with Crippen LogP contribution in [0.4, 0.5) is 0 Å². The van der Waals surface area contributed by atoms with Crippen LogP contribution < -0.4 is 10.1 Å². The standard InChI is InChI=1S/C17H23NOS/c1-12(11-17-10-5-13(2)20-17)18-14(3)15-6-8-16(19-4)9-7-15/h5-10,12,14,18H,11H2,1-4H3. The normalized spacial score (nSPS) is 14.0. The maximum Gasteiger partial charge on any atom is 0.118 e. The average molecular weight is 289 g/mol. The lowest BCUT2D eigenvalue weighted by molar-refractivity contribution is 0.414. The summed E-state index contributed by atoms with van der Waals surface area (Å²) >= 11 is 1.89. The number of thiophene rings is 1. The minimum absolute atomic E-state index is 0.344. The maximum atomic E-state index is 5.19. The van der Waals surface area contributed by atoms with Crippen molar-refractivity contribution in [3.63, 3.8) is 0 Å². The molecule has 108 valence electrons. The van der Waals surface area contributed by atoms with Crippen molar-refractivity contribution in [2.75, 3.05) is 7.11 Å². The molecular weight excluding hydrogens is 266 g/mol. The smallest absolute Gasteiger partial charge is 0.118 e. The van der Waals surface area contributed by atoms with Gasteiger partial charge in [-0.25, -0.2) is 0 Å². The zero-order valence-electron chi connectivity index (χ0n) is 12.6. The largest absolute Gasteiger partial charge is 0.497 e. The van der Waals surface area contributed by atoms with Crippen molar-refractivity contribution in [1.82, 2.24) is 5.32 Å². The van der Waals surface area contributed by atoms with Gasteiger partial charge in [-0.2, -0.15) is 0 Å². The van der Waals surface area contributed by atoms with E-state index in [0.717, 1.165) is 12.2 Å². The van der Waals surface area contributed by atoms with Gasteiger partial charge >= 0.3 is 0 Å². The van der Waals surface area contributed by atoms with Gasteiger partial charge in [0.1, 0.15) is 5.75 Å². The number of hydrogen-bond donors (Lipinski definition) is 1. The summed E-state index contributed by atoms with van der Waals surface area (Å²) in [6.07, 6.45) is 1.08. The minimum atomic E-state index is 0.344. The second kappa shape index (κ2) is 6.91. The van der Waals surface area contributed by atoms with E-state index in [-0.39, 0.29) is 0 Å². The van der Waals surface area contributed by atoms with Gasteiger partial charge in [-0.15, -0.1) is 11.3 Å². The number of nitrogens with one attached hydrogen (secondary N) is 1. The molecule has 0 fully saturated rings. The number of rotatable bonds is 6. The Labute approximate surface area is 125 Å². The number of methoxy groups -OCH3 is 1. The molecule has 0 radical (unpaired) electrons. The topological polar surface area (TPSA) is 21.3 Å². The highest BCUT2D eigenvalue weighted by Gasteiger charge is 2.11. The molecule has 1 aromatic heterocycles. The molecule has 0 amide bonds. The van der Waals surface area contributed by atoms with Crippen LogP contribution in [0.3, 0.4) is 0 Å². The zero-order chi connectivity index (χ0) is 14.5. The van der Waals surface area contributed by atoms with Gasteiger partial charge in [-0.3, -0.25) is 0 Å². The first kappa shape index (κ1) is 15.1. The van der Waals surface area contributed by atoms with Crippen molar-refractivity contribution >= 4 is 11.3 Å². The van der Waals surface area contributed by atoms with E-state index in [1.54, 1.807) is 7.11 Å². The van der Waals surface area contributed by atoms with Crippen molar-refractivity contribution in [3.05, 3.63) is 51.7 Å². The van der Waals surface area contributed by atoms with Crippen LogP contribution in [-0.2, 0) is 6.42 Å². The van der Waals surface area contributed by atoms with Crippen molar-refractivity contribution in [2.45, 2.75) is 39.3 Å². The molecule has 0 spiro atoms. The lowest BCUT2D eigenvalue weighted by Gasteiger charge is -2.20. The Balaban J connectivity index is 1.90. The number of ether oxygens (including phenoxy) is 1. The second-order valence-corrected chi connectivity index (χ2v) is 6.65. The summed E-state index contributed by atoms with van der Waals surface area (Å²) in [6.45, 7) is 6.61. The molecule has 20 heavy (non-hydrogen) atoms. The van der Waals surface area contributed by atoms with Gasteiger partial charge < -0.3 is 10.1 Å². The molecule has 2 rings (SSSR count). The van der Waals surface area contributed by atoms with Crippen LogP contribution in [0.5, 0.6) is 5.75 Å². The maximum absolute atomic E-state index is 5.19. The summed E-state index contributed by atoms with van der Waals surface area (Å²) in [6, 6.07) is 13.5. The molecule has 1 N–H and O–H groups in total. The van der Waals surface area contributed by atoms with E-state index >= 15 is 0 Å². The number of hydrogen-bond acceptors (Lipinski definition) is 3. The van der Waals surface area contributed by atoms with Crippen LogP contribution in [0.15, 0.2) is 36.4 Å². The van der Waals surface area contributed by atoms with Crippen LogP contribution in [0.1, 0.15) is 35.2 Å². The van der Waals surface area contributed by atoms with E-state index in [4.69, 9.17) is 4.74 Å². The fourth-order valence-electron chi connectivity index (χ4n) is 2.37. The molecule has 2 unspecified atom stereocenters. The number of aryl methyl sites for hydroxylation is 1. The molecule has 0 aliphatic heterocycles. The van der Waals surface area contributed by atoms with Gasteiger partial charge in [0.15, 0.2) is 0 Å². The fourth-order valence-corrected chi connectivity index (χ4v) is 3.39. The zero-order valence-corrected chi connectivity index (χ0v) is 13.5. The summed E-state index contributed by atoms with van der Waals surface area (Å²) in [5, 5.41) is 3.66. The van der Waals surface area contributed by atoms with Gasteiger partial charge in [0.25, 0.3) is 0 Å². The molecule has 0 bridgehead atoms. The Bertz CT molecular complexity index is 532. The van der Waals surface area contributed by atoms with Gasteiger partial charge in [0.05, 0.1) is 7.11 Å². The Hall–Kier alpha value is -1.32. The third-order valence-corrected chi connectivity index (χ3v) is 4.48. The predicted molar refractivity (Wildman–Crippen MR) is 86.8 cm³/mol. The Kier molecular flexibility index (Phi) is 5.21. The lowest BCUT2D eigenvalue weighted by atomic mass is 10.1. The van der Waals surface area contributed by atoms with Gasteiger partial charge in [-0.05, 0) is 57.0 Å². The van der Waals surface area contributed by atoms with E-state index < -0.39 is 0 Å². The minimum Gasteiger partial charge on any atom is -0.497 e. The van der Waals surface area contributed by atoms with Crippen LogP contribution in [0.25, 0.3) is 0 Å². The van der Waals surface area contributed by atoms with E-state index in [1.807, 2.05) is 23.5 Å². The fraction of sp³-hybridized carbons (Fsp3) is 0.412. The molecule has 2 aromatic rings. The third-order valence-electron chi connectivity index (χ3n) is 3.45. The summed E-state index contributed by atoms with van der Waals surface area (Å²) < 4.78 is 5.19. The second-order valence-electron chi connectivity index (χ2n) is 5.28. The van der Waals surface area contributed by atoms with Crippen molar-refractivity contribution in [1.29, 1.82) is 0 Å². The van der Waals surface area contributed by atoms with Crippen molar-refractivity contribution in [3.8, 4) is 5.75 Å². The first-order chi connectivity index (χ1) is 9.58. The number of benzene rings is 1. The quantitative estimate of drug-likeness (QED) is 0.853. The molecule has 1 aromatic carbocycles. The third kappa shape index (κ3) is 4.09. The predicted octanol–water partition coefficient (Wildman–Crippen LogP) is 4.35. The van der Waals surface area contributed by atoms with Crippen molar-refractivity contribution < 1.29 is 4.74 Å². The van der Waals surface area contributed by atoms with Gasteiger partial charge in [-0.1, -0.05) is 12.1 Å². The van der Waals surface area contributed by atoms with E-state index in [2.05, 4.69) is 50.4 Å². The van der Waals surface area contributed by atoms with Crippen LogP contribution in [0, 0.1) is 6.92 Å².